The monoisotopic (exact) mass is 456 g/mol. The lowest BCUT2D eigenvalue weighted by atomic mass is 9.90. The highest BCUT2D eigenvalue weighted by molar-refractivity contribution is 6.23. The quantitative estimate of drug-likeness (QED) is 0.416. The lowest BCUT2D eigenvalue weighted by Gasteiger charge is -2.29. The zero-order valence-corrected chi connectivity index (χ0v) is 16.9. The highest BCUT2D eigenvalue weighted by atomic mass is 19.4. The molecular weight excluding hydrogens is 440 g/mol. The molecule has 2 fully saturated rings. The van der Waals surface area contributed by atoms with Crippen LogP contribution in [0.3, 0.4) is 0 Å². The van der Waals surface area contributed by atoms with Crippen molar-refractivity contribution in [1.29, 1.82) is 0 Å². The van der Waals surface area contributed by atoms with Crippen LogP contribution in [0.1, 0.15) is 17.2 Å². The van der Waals surface area contributed by atoms with E-state index >= 15 is 0 Å². The van der Waals surface area contributed by atoms with Gasteiger partial charge < -0.3 is 0 Å². The zero-order valence-electron chi connectivity index (χ0n) is 16.9. The molecule has 0 N–H and O–H groups in total. The minimum Gasteiger partial charge on any atom is -0.273 e. The second-order valence-electron chi connectivity index (χ2n) is 7.77. The SMILES string of the molecule is O=C1[C@H]2[C@@H](ON(c3ccccc3)[C@H]2c2ccc(C(F)(F)F)cc2)C(=O)N1c1ccc(F)cc1. The highest BCUT2D eigenvalue weighted by Gasteiger charge is 2.60. The fourth-order valence-corrected chi connectivity index (χ4v) is 4.27. The molecular formula is C24H16F4N2O3. The summed E-state index contributed by atoms with van der Waals surface area (Å²) in [7, 11) is 0. The molecule has 0 radical (unpaired) electrons. The summed E-state index contributed by atoms with van der Waals surface area (Å²) in [5.74, 6) is -2.71. The predicted molar refractivity (Wildman–Crippen MR) is 110 cm³/mol. The van der Waals surface area contributed by atoms with Gasteiger partial charge in [0.25, 0.3) is 5.91 Å². The number of rotatable bonds is 3. The predicted octanol–water partition coefficient (Wildman–Crippen LogP) is 4.90. The van der Waals surface area contributed by atoms with Crippen LogP contribution in [0.25, 0.3) is 0 Å². The molecule has 9 heteroatoms. The number of hydrogen-bond donors (Lipinski definition) is 0. The van der Waals surface area contributed by atoms with Crippen molar-refractivity contribution < 1.29 is 32.0 Å². The summed E-state index contributed by atoms with van der Waals surface area (Å²) in [6, 6.07) is 17.2. The first-order valence-electron chi connectivity index (χ1n) is 10.1. The Bertz CT molecular complexity index is 1200. The second-order valence-corrected chi connectivity index (χ2v) is 7.77. The Labute approximate surface area is 185 Å². The van der Waals surface area contributed by atoms with Crippen molar-refractivity contribution >= 4 is 23.2 Å². The van der Waals surface area contributed by atoms with Crippen molar-refractivity contribution in [2.75, 3.05) is 9.96 Å². The molecule has 0 spiro atoms. The summed E-state index contributed by atoms with van der Waals surface area (Å²) >= 11 is 0. The Balaban J connectivity index is 1.57. The molecule has 2 heterocycles. The molecule has 2 aliphatic heterocycles. The minimum absolute atomic E-state index is 0.196. The Morgan fingerprint density at radius 2 is 1.39 bits per heavy atom. The van der Waals surface area contributed by atoms with E-state index in [9.17, 15) is 27.2 Å². The maximum absolute atomic E-state index is 13.4. The number of benzene rings is 3. The molecule has 0 bridgehead atoms. The first kappa shape index (κ1) is 21.1. The zero-order chi connectivity index (χ0) is 23.3. The standard InChI is InChI=1S/C24H16F4N2O3/c25-16-10-12-17(13-11-16)29-22(31)19-20(14-6-8-15(9-7-14)24(26,27)28)30(33-21(19)23(29)32)18-4-2-1-3-5-18/h1-13,19-21H/t19-,20+,21-/m1/s1. The van der Waals surface area contributed by atoms with Gasteiger partial charge in [-0.2, -0.15) is 13.2 Å². The summed E-state index contributed by atoms with van der Waals surface area (Å²) in [6.07, 6.45) is -5.68. The number of para-hydroxylation sites is 1. The number of alkyl halides is 3. The van der Waals surface area contributed by atoms with Crippen LogP contribution in [-0.4, -0.2) is 17.9 Å². The smallest absolute Gasteiger partial charge is 0.273 e. The summed E-state index contributed by atoms with van der Waals surface area (Å²) < 4.78 is 52.5. The number of carbonyl (C=O) groups is 2. The molecule has 3 aromatic rings. The van der Waals surface area contributed by atoms with Crippen molar-refractivity contribution in [1.82, 2.24) is 0 Å². The molecule has 0 aromatic heterocycles. The van der Waals surface area contributed by atoms with Gasteiger partial charge in [0.15, 0.2) is 6.10 Å². The highest BCUT2D eigenvalue weighted by Crippen LogP contribution is 2.47. The van der Waals surface area contributed by atoms with E-state index in [4.69, 9.17) is 4.84 Å². The van der Waals surface area contributed by atoms with Gasteiger partial charge >= 0.3 is 6.18 Å². The van der Waals surface area contributed by atoms with E-state index in [2.05, 4.69) is 0 Å². The van der Waals surface area contributed by atoms with Crippen LogP contribution in [-0.2, 0) is 20.6 Å². The third-order valence-electron chi connectivity index (χ3n) is 5.79. The minimum atomic E-state index is -4.51. The number of hydrogen-bond acceptors (Lipinski definition) is 4. The Morgan fingerprint density at radius 3 is 2.00 bits per heavy atom. The van der Waals surface area contributed by atoms with Gasteiger partial charge in [-0.3, -0.25) is 14.4 Å². The van der Waals surface area contributed by atoms with E-state index in [0.29, 0.717) is 11.3 Å². The molecule has 0 aliphatic carbocycles. The Morgan fingerprint density at radius 1 is 0.758 bits per heavy atom. The lowest BCUT2D eigenvalue weighted by Crippen LogP contribution is -2.37. The van der Waals surface area contributed by atoms with E-state index in [-0.39, 0.29) is 5.69 Å². The van der Waals surface area contributed by atoms with Crippen LogP contribution in [0.2, 0.25) is 0 Å². The largest absolute Gasteiger partial charge is 0.416 e. The van der Waals surface area contributed by atoms with Gasteiger partial charge in [-0.15, -0.1) is 0 Å². The summed E-state index contributed by atoms with van der Waals surface area (Å²) in [4.78, 5) is 33.4. The molecule has 0 unspecified atom stereocenters. The summed E-state index contributed by atoms with van der Waals surface area (Å²) in [6.45, 7) is 0. The molecule has 3 aromatic carbocycles. The van der Waals surface area contributed by atoms with Crippen molar-refractivity contribution in [2.24, 2.45) is 5.92 Å². The maximum Gasteiger partial charge on any atom is 0.416 e. The van der Waals surface area contributed by atoms with E-state index in [1.165, 1.54) is 29.3 Å². The molecule has 2 amide bonds. The van der Waals surface area contributed by atoms with Crippen LogP contribution < -0.4 is 9.96 Å². The van der Waals surface area contributed by atoms with Gasteiger partial charge in [0, 0.05) is 0 Å². The van der Waals surface area contributed by atoms with Crippen molar-refractivity contribution in [3.63, 3.8) is 0 Å². The molecule has 5 nitrogen and oxygen atoms in total. The van der Waals surface area contributed by atoms with Crippen molar-refractivity contribution in [3.05, 3.63) is 95.8 Å². The first-order valence-corrected chi connectivity index (χ1v) is 10.1. The molecule has 168 valence electrons. The topological polar surface area (TPSA) is 49.9 Å². The van der Waals surface area contributed by atoms with E-state index in [0.717, 1.165) is 29.2 Å². The van der Waals surface area contributed by atoms with Crippen LogP contribution in [0.4, 0.5) is 28.9 Å². The number of halogens is 4. The normalized spacial score (nSPS) is 22.7. The summed E-state index contributed by atoms with van der Waals surface area (Å²) in [5, 5.41) is 1.40. The second kappa shape index (κ2) is 7.70. The number of carbonyl (C=O) groups excluding carboxylic acids is 2. The van der Waals surface area contributed by atoms with E-state index in [1.807, 2.05) is 0 Å². The molecule has 33 heavy (non-hydrogen) atoms. The molecule has 0 saturated carbocycles. The van der Waals surface area contributed by atoms with E-state index in [1.54, 1.807) is 30.3 Å². The van der Waals surface area contributed by atoms with Crippen molar-refractivity contribution in [2.45, 2.75) is 18.3 Å². The van der Waals surface area contributed by atoms with Gasteiger partial charge in [0.1, 0.15) is 11.7 Å². The van der Waals surface area contributed by atoms with Gasteiger partial charge in [-0.1, -0.05) is 30.3 Å². The average Bonchev–Trinajstić information content (AvgIpc) is 3.31. The Kier molecular flexibility index (Phi) is 4.93. The van der Waals surface area contributed by atoms with E-state index < -0.39 is 47.4 Å². The van der Waals surface area contributed by atoms with Gasteiger partial charge in [0.2, 0.25) is 5.91 Å². The van der Waals surface area contributed by atoms with Crippen LogP contribution >= 0.6 is 0 Å². The van der Waals surface area contributed by atoms with Gasteiger partial charge in [-0.25, -0.2) is 14.4 Å². The number of imide groups is 1. The Hall–Kier alpha value is -3.72. The fourth-order valence-electron chi connectivity index (χ4n) is 4.27. The molecule has 5 rings (SSSR count). The number of nitrogens with zero attached hydrogens (tertiary/aromatic N) is 2. The molecule has 2 saturated heterocycles. The van der Waals surface area contributed by atoms with Gasteiger partial charge in [-0.05, 0) is 54.1 Å². The number of amides is 2. The maximum atomic E-state index is 13.4. The third kappa shape index (κ3) is 3.54. The number of fused-ring (bicyclic) bond motifs is 1. The summed E-state index contributed by atoms with van der Waals surface area (Å²) in [5.41, 5.74) is 0.309. The van der Waals surface area contributed by atoms with Crippen LogP contribution in [0.15, 0.2) is 78.9 Å². The van der Waals surface area contributed by atoms with Gasteiger partial charge in [0.05, 0.1) is 23.0 Å². The first-order chi connectivity index (χ1) is 15.8. The van der Waals surface area contributed by atoms with Crippen LogP contribution in [0, 0.1) is 11.7 Å². The van der Waals surface area contributed by atoms with Crippen molar-refractivity contribution in [3.8, 4) is 0 Å². The average molecular weight is 456 g/mol. The van der Waals surface area contributed by atoms with Crippen LogP contribution in [0.5, 0.6) is 0 Å². The lowest BCUT2D eigenvalue weighted by molar-refractivity contribution is -0.137. The molecule has 3 atom stereocenters. The number of anilines is 2. The fraction of sp³-hybridized carbons (Fsp3) is 0.167. The third-order valence-corrected chi connectivity index (χ3v) is 5.79. The number of hydroxylamine groups is 1. The molecule has 2 aliphatic rings.